The van der Waals surface area contributed by atoms with E-state index in [0.29, 0.717) is 0 Å². The Balaban J connectivity index is 3.02. The zero-order valence-electron chi connectivity index (χ0n) is 11.7. The highest BCUT2D eigenvalue weighted by Crippen LogP contribution is 2.20. The zero-order chi connectivity index (χ0) is 13.5. The lowest BCUT2D eigenvalue weighted by molar-refractivity contribution is 0.101. The smallest absolute Gasteiger partial charge is 0.159 e. The van der Waals surface area contributed by atoms with E-state index < -0.39 is 0 Å². The van der Waals surface area contributed by atoms with Gasteiger partial charge in [-0.15, -0.1) is 6.58 Å². The van der Waals surface area contributed by atoms with Gasteiger partial charge in [0.25, 0.3) is 0 Å². The van der Waals surface area contributed by atoms with E-state index in [1.54, 1.807) is 6.92 Å². The van der Waals surface area contributed by atoms with Crippen molar-refractivity contribution in [3.8, 4) is 0 Å². The first-order valence-corrected chi connectivity index (χ1v) is 6.57. The Hall–Kier alpha value is -1.57. The van der Waals surface area contributed by atoms with E-state index in [2.05, 4.69) is 24.5 Å². The lowest BCUT2D eigenvalue weighted by Crippen LogP contribution is -2.25. The van der Waals surface area contributed by atoms with Crippen molar-refractivity contribution in [1.29, 1.82) is 0 Å². The molecule has 0 aliphatic rings. The monoisotopic (exact) mass is 245 g/mol. The molecule has 98 valence electrons. The maximum absolute atomic E-state index is 11.5. The van der Waals surface area contributed by atoms with Gasteiger partial charge in [0, 0.05) is 24.3 Å². The number of hydrogen-bond acceptors (Lipinski definition) is 2. The third kappa shape index (κ3) is 4.02. The molecule has 0 unspecified atom stereocenters. The zero-order valence-corrected chi connectivity index (χ0v) is 11.7. The van der Waals surface area contributed by atoms with Crippen molar-refractivity contribution in [2.24, 2.45) is 0 Å². The normalized spacial score (nSPS) is 10.2. The first-order chi connectivity index (χ1) is 8.58. The molecule has 0 aromatic heterocycles. The Morgan fingerprint density at radius 3 is 2.61 bits per heavy atom. The quantitative estimate of drug-likeness (QED) is 0.535. The molecule has 0 saturated heterocycles. The maximum Gasteiger partial charge on any atom is 0.159 e. The lowest BCUT2D eigenvalue weighted by atomic mass is 10.1. The number of aryl methyl sites for hydroxylation is 1. The van der Waals surface area contributed by atoms with Crippen molar-refractivity contribution in [2.75, 3.05) is 18.0 Å². The highest BCUT2D eigenvalue weighted by atomic mass is 16.1. The lowest BCUT2D eigenvalue weighted by Gasteiger charge is -2.24. The molecular weight excluding hydrogens is 222 g/mol. The molecule has 0 heterocycles. The number of hydrogen-bond donors (Lipinski definition) is 0. The molecule has 0 spiro atoms. The molecule has 2 heteroatoms. The molecule has 0 aliphatic carbocycles. The van der Waals surface area contributed by atoms with E-state index in [4.69, 9.17) is 0 Å². The predicted molar refractivity (Wildman–Crippen MR) is 78.5 cm³/mol. The number of anilines is 1. The largest absolute Gasteiger partial charge is 0.371 e. The van der Waals surface area contributed by atoms with Gasteiger partial charge in [0.1, 0.15) is 0 Å². The van der Waals surface area contributed by atoms with Crippen LogP contribution in [0.3, 0.4) is 0 Å². The van der Waals surface area contributed by atoms with Gasteiger partial charge >= 0.3 is 0 Å². The van der Waals surface area contributed by atoms with Crippen molar-refractivity contribution in [1.82, 2.24) is 0 Å². The van der Waals surface area contributed by atoms with Crippen LogP contribution in [0.15, 0.2) is 30.9 Å². The summed E-state index contributed by atoms with van der Waals surface area (Å²) < 4.78 is 0. The Kier molecular flexibility index (Phi) is 5.63. The van der Waals surface area contributed by atoms with Gasteiger partial charge in [-0.1, -0.05) is 13.0 Å². The SMILES string of the molecule is C=CCCN(CCC)c1cc(C)cc(C(C)=O)c1. The van der Waals surface area contributed by atoms with Crippen molar-refractivity contribution in [2.45, 2.75) is 33.6 Å². The Morgan fingerprint density at radius 1 is 1.33 bits per heavy atom. The van der Waals surface area contributed by atoms with Gasteiger partial charge in [0.05, 0.1) is 0 Å². The van der Waals surface area contributed by atoms with Crippen LogP contribution < -0.4 is 4.90 Å². The molecule has 1 aromatic rings. The Bertz CT molecular complexity index is 423. The van der Waals surface area contributed by atoms with Gasteiger partial charge in [0.15, 0.2) is 5.78 Å². The molecule has 0 amide bonds. The number of benzene rings is 1. The third-order valence-electron chi connectivity index (χ3n) is 2.93. The third-order valence-corrected chi connectivity index (χ3v) is 2.93. The first-order valence-electron chi connectivity index (χ1n) is 6.57. The average Bonchev–Trinajstić information content (AvgIpc) is 2.33. The van der Waals surface area contributed by atoms with Gasteiger partial charge in [-0.05, 0) is 50.5 Å². The molecule has 0 N–H and O–H groups in total. The Labute approximate surface area is 110 Å². The molecule has 2 nitrogen and oxygen atoms in total. The van der Waals surface area contributed by atoms with Gasteiger partial charge in [-0.25, -0.2) is 0 Å². The number of ketones is 1. The summed E-state index contributed by atoms with van der Waals surface area (Å²) in [6, 6.07) is 6.09. The highest BCUT2D eigenvalue weighted by molar-refractivity contribution is 5.95. The van der Waals surface area contributed by atoms with Crippen molar-refractivity contribution < 1.29 is 4.79 Å². The summed E-state index contributed by atoms with van der Waals surface area (Å²) in [6.07, 6.45) is 3.99. The number of Topliss-reactive ketones (excluding diaryl/α,β-unsaturated/α-hetero) is 1. The number of carbonyl (C=O) groups is 1. The van der Waals surface area contributed by atoms with Crippen molar-refractivity contribution in [3.05, 3.63) is 42.0 Å². The number of nitrogens with zero attached hydrogens (tertiary/aromatic N) is 1. The maximum atomic E-state index is 11.5. The fourth-order valence-electron chi connectivity index (χ4n) is 2.04. The van der Waals surface area contributed by atoms with Crippen LogP contribution in [0.25, 0.3) is 0 Å². The van der Waals surface area contributed by atoms with E-state index in [9.17, 15) is 4.79 Å². The molecule has 0 radical (unpaired) electrons. The minimum Gasteiger partial charge on any atom is -0.371 e. The highest BCUT2D eigenvalue weighted by Gasteiger charge is 2.08. The molecule has 0 atom stereocenters. The molecule has 0 saturated carbocycles. The predicted octanol–water partition coefficient (Wildman–Crippen LogP) is 3.99. The molecule has 0 fully saturated rings. The van der Waals surface area contributed by atoms with Crippen molar-refractivity contribution >= 4 is 11.5 Å². The minimum atomic E-state index is 0.125. The average molecular weight is 245 g/mol. The molecular formula is C16H23NO. The molecule has 1 aromatic carbocycles. The van der Waals surface area contributed by atoms with E-state index in [1.165, 1.54) is 0 Å². The van der Waals surface area contributed by atoms with Gasteiger partial charge in [-0.2, -0.15) is 0 Å². The van der Waals surface area contributed by atoms with E-state index in [-0.39, 0.29) is 5.78 Å². The summed E-state index contributed by atoms with van der Waals surface area (Å²) in [5, 5.41) is 0. The van der Waals surface area contributed by atoms with Crippen LogP contribution in [-0.2, 0) is 0 Å². The second-order valence-corrected chi connectivity index (χ2v) is 4.68. The standard InChI is InChI=1S/C16H23NO/c1-5-7-9-17(8-6-2)16-11-13(3)10-15(12-16)14(4)18/h5,10-12H,1,6-9H2,2-4H3. The molecule has 18 heavy (non-hydrogen) atoms. The Morgan fingerprint density at radius 2 is 2.06 bits per heavy atom. The fraction of sp³-hybridized carbons (Fsp3) is 0.438. The van der Waals surface area contributed by atoms with Gasteiger partial charge < -0.3 is 4.90 Å². The molecule has 0 aliphatic heterocycles. The topological polar surface area (TPSA) is 20.3 Å². The van der Waals surface area contributed by atoms with E-state index in [0.717, 1.165) is 42.7 Å². The molecule has 1 rings (SSSR count). The van der Waals surface area contributed by atoms with Crippen LogP contribution in [-0.4, -0.2) is 18.9 Å². The fourth-order valence-corrected chi connectivity index (χ4v) is 2.04. The minimum absolute atomic E-state index is 0.125. The summed E-state index contributed by atoms with van der Waals surface area (Å²) in [5.41, 5.74) is 3.08. The summed E-state index contributed by atoms with van der Waals surface area (Å²) in [5.74, 6) is 0.125. The summed E-state index contributed by atoms with van der Waals surface area (Å²) in [6.45, 7) is 11.6. The number of rotatable bonds is 7. The second kappa shape index (κ2) is 7.00. The van der Waals surface area contributed by atoms with Crippen molar-refractivity contribution in [3.63, 3.8) is 0 Å². The van der Waals surface area contributed by atoms with Crippen LogP contribution >= 0.6 is 0 Å². The van der Waals surface area contributed by atoms with Gasteiger partial charge in [0.2, 0.25) is 0 Å². The van der Waals surface area contributed by atoms with Crippen LogP contribution in [0.1, 0.15) is 42.6 Å². The van der Waals surface area contributed by atoms with Gasteiger partial charge in [-0.3, -0.25) is 4.79 Å². The first kappa shape index (κ1) is 14.5. The summed E-state index contributed by atoms with van der Waals surface area (Å²) in [4.78, 5) is 13.8. The van der Waals surface area contributed by atoms with E-state index in [1.807, 2.05) is 25.1 Å². The van der Waals surface area contributed by atoms with Crippen LogP contribution in [0.2, 0.25) is 0 Å². The second-order valence-electron chi connectivity index (χ2n) is 4.68. The summed E-state index contributed by atoms with van der Waals surface area (Å²) in [7, 11) is 0. The van der Waals surface area contributed by atoms with Crippen LogP contribution in [0.5, 0.6) is 0 Å². The molecule has 0 bridgehead atoms. The van der Waals surface area contributed by atoms with Crippen LogP contribution in [0, 0.1) is 6.92 Å². The van der Waals surface area contributed by atoms with Crippen LogP contribution in [0.4, 0.5) is 5.69 Å². The summed E-state index contributed by atoms with van der Waals surface area (Å²) >= 11 is 0. The number of carbonyl (C=O) groups excluding carboxylic acids is 1. The van der Waals surface area contributed by atoms with E-state index >= 15 is 0 Å².